The Morgan fingerprint density at radius 2 is 1.72 bits per heavy atom. The summed E-state index contributed by atoms with van der Waals surface area (Å²) in [5.41, 5.74) is 1.82. The number of aromatic nitrogens is 2. The van der Waals surface area contributed by atoms with E-state index in [0.29, 0.717) is 37.4 Å². The second-order valence-corrected chi connectivity index (χ2v) is 8.28. The van der Waals surface area contributed by atoms with E-state index in [0.717, 1.165) is 28.7 Å². The number of para-hydroxylation sites is 1. The molecular formula is C24H25F3N4O. The fourth-order valence-corrected chi connectivity index (χ4v) is 4.15. The summed E-state index contributed by atoms with van der Waals surface area (Å²) in [4.78, 5) is 25.9. The minimum atomic E-state index is -4.36. The van der Waals surface area contributed by atoms with E-state index in [4.69, 9.17) is 0 Å². The van der Waals surface area contributed by atoms with Gasteiger partial charge in [-0.05, 0) is 43.5 Å². The van der Waals surface area contributed by atoms with Gasteiger partial charge in [0.1, 0.15) is 0 Å². The van der Waals surface area contributed by atoms with Crippen LogP contribution in [0.4, 0.5) is 19.1 Å². The van der Waals surface area contributed by atoms with Gasteiger partial charge in [0.25, 0.3) is 0 Å². The lowest BCUT2D eigenvalue weighted by Gasteiger charge is -2.33. The molecule has 1 amide bonds. The first-order valence-corrected chi connectivity index (χ1v) is 10.6. The van der Waals surface area contributed by atoms with E-state index in [1.54, 1.807) is 11.9 Å². The molecule has 3 aromatic rings. The predicted octanol–water partition coefficient (Wildman–Crippen LogP) is 4.83. The average Bonchev–Trinajstić information content (AvgIpc) is 2.78. The summed E-state index contributed by atoms with van der Waals surface area (Å²) in [5, 5.41) is 1.03. The summed E-state index contributed by atoms with van der Waals surface area (Å²) < 4.78 is 38.2. The van der Waals surface area contributed by atoms with Crippen molar-refractivity contribution >= 4 is 22.8 Å². The molecule has 0 unspecified atom stereocenters. The van der Waals surface area contributed by atoms with Gasteiger partial charge in [-0.3, -0.25) is 4.79 Å². The number of carbonyl (C=O) groups is 1. The Kier molecular flexibility index (Phi) is 6.04. The number of carbonyl (C=O) groups excluding carboxylic acids is 1. The van der Waals surface area contributed by atoms with E-state index in [1.807, 2.05) is 31.2 Å². The molecule has 4 rings (SSSR count). The molecule has 0 N–H and O–H groups in total. The highest BCUT2D eigenvalue weighted by atomic mass is 19.4. The van der Waals surface area contributed by atoms with Crippen LogP contribution >= 0.6 is 0 Å². The Morgan fingerprint density at radius 3 is 2.38 bits per heavy atom. The molecule has 0 saturated carbocycles. The summed E-state index contributed by atoms with van der Waals surface area (Å²) in [6.45, 7) is 3.62. The molecule has 5 nitrogen and oxygen atoms in total. The number of rotatable bonds is 4. The fourth-order valence-electron chi connectivity index (χ4n) is 4.15. The number of alkyl halides is 3. The third-order valence-electron chi connectivity index (χ3n) is 5.99. The van der Waals surface area contributed by atoms with Crippen molar-refractivity contribution < 1.29 is 18.0 Å². The number of hydrogen-bond acceptors (Lipinski definition) is 4. The van der Waals surface area contributed by atoms with Gasteiger partial charge >= 0.3 is 6.18 Å². The van der Waals surface area contributed by atoms with E-state index in [1.165, 1.54) is 12.1 Å². The van der Waals surface area contributed by atoms with Gasteiger partial charge in [0, 0.05) is 38.0 Å². The van der Waals surface area contributed by atoms with Crippen molar-refractivity contribution in [2.24, 2.45) is 5.92 Å². The molecule has 0 aliphatic carbocycles. The quantitative estimate of drug-likeness (QED) is 0.581. The van der Waals surface area contributed by atoms with Crippen LogP contribution in [-0.2, 0) is 17.5 Å². The third kappa shape index (κ3) is 4.69. The topological polar surface area (TPSA) is 49.3 Å². The molecule has 168 valence electrons. The largest absolute Gasteiger partial charge is 0.416 e. The molecule has 1 aliphatic rings. The van der Waals surface area contributed by atoms with Gasteiger partial charge in [-0.2, -0.15) is 13.2 Å². The molecule has 1 fully saturated rings. The van der Waals surface area contributed by atoms with Gasteiger partial charge in [-0.1, -0.05) is 30.3 Å². The van der Waals surface area contributed by atoms with E-state index in [-0.39, 0.29) is 18.4 Å². The SMILES string of the molecule is Cc1nc(N2CCC(C(=O)N(C)Cc3ccc(C(F)(F)F)cc3)CC2)nc2ccccc12. The van der Waals surface area contributed by atoms with Crippen LogP contribution in [0.15, 0.2) is 48.5 Å². The lowest BCUT2D eigenvalue weighted by Crippen LogP contribution is -2.41. The zero-order valence-electron chi connectivity index (χ0n) is 18.1. The van der Waals surface area contributed by atoms with Gasteiger partial charge in [0.05, 0.1) is 16.8 Å². The molecule has 0 spiro atoms. The summed E-state index contributed by atoms with van der Waals surface area (Å²) in [5.74, 6) is 0.581. The Morgan fingerprint density at radius 1 is 1.06 bits per heavy atom. The number of aryl methyl sites for hydroxylation is 1. The van der Waals surface area contributed by atoms with Crippen LogP contribution in [-0.4, -0.2) is 40.9 Å². The van der Waals surface area contributed by atoms with Crippen molar-refractivity contribution in [2.45, 2.75) is 32.5 Å². The Labute approximate surface area is 184 Å². The first kappa shape index (κ1) is 22.0. The number of fused-ring (bicyclic) bond motifs is 1. The van der Waals surface area contributed by atoms with Crippen LogP contribution in [0.25, 0.3) is 10.9 Å². The number of nitrogens with zero attached hydrogens (tertiary/aromatic N) is 4. The third-order valence-corrected chi connectivity index (χ3v) is 5.99. The van der Waals surface area contributed by atoms with Crippen molar-refractivity contribution in [3.63, 3.8) is 0 Å². The Hall–Kier alpha value is -3.16. The highest BCUT2D eigenvalue weighted by Gasteiger charge is 2.31. The average molecular weight is 442 g/mol. The highest BCUT2D eigenvalue weighted by Crippen LogP contribution is 2.29. The maximum atomic E-state index is 12.9. The standard InChI is InChI=1S/C24H25F3N4O/c1-16-20-5-3-4-6-21(20)29-23(28-16)31-13-11-18(12-14-31)22(32)30(2)15-17-7-9-19(10-8-17)24(25,26)27/h3-10,18H,11-15H2,1-2H3. The lowest BCUT2D eigenvalue weighted by molar-refractivity contribution is -0.138. The monoisotopic (exact) mass is 442 g/mol. The number of amides is 1. The molecule has 0 atom stereocenters. The Balaban J connectivity index is 1.36. The second-order valence-electron chi connectivity index (χ2n) is 8.28. The molecule has 0 radical (unpaired) electrons. The number of hydrogen-bond donors (Lipinski definition) is 0. The highest BCUT2D eigenvalue weighted by molar-refractivity contribution is 5.82. The minimum Gasteiger partial charge on any atom is -0.341 e. The van der Waals surface area contributed by atoms with Crippen LogP contribution in [0, 0.1) is 12.8 Å². The van der Waals surface area contributed by atoms with Crippen molar-refractivity contribution in [3.05, 3.63) is 65.4 Å². The first-order chi connectivity index (χ1) is 15.2. The van der Waals surface area contributed by atoms with Gasteiger partial charge in [-0.25, -0.2) is 9.97 Å². The summed E-state index contributed by atoms with van der Waals surface area (Å²) in [6.07, 6.45) is -2.99. The maximum absolute atomic E-state index is 12.9. The Bertz CT molecular complexity index is 1110. The van der Waals surface area contributed by atoms with Gasteiger partial charge in [0.15, 0.2) is 0 Å². The van der Waals surface area contributed by atoms with E-state index in [9.17, 15) is 18.0 Å². The number of halogens is 3. The molecule has 2 heterocycles. The van der Waals surface area contributed by atoms with E-state index >= 15 is 0 Å². The summed E-state index contributed by atoms with van der Waals surface area (Å²) in [6, 6.07) is 12.9. The van der Waals surface area contributed by atoms with Crippen LogP contribution in [0.5, 0.6) is 0 Å². The molecule has 1 aliphatic heterocycles. The van der Waals surface area contributed by atoms with Crippen molar-refractivity contribution in [1.82, 2.24) is 14.9 Å². The molecular weight excluding hydrogens is 417 g/mol. The molecule has 1 aromatic heterocycles. The van der Waals surface area contributed by atoms with Crippen LogP contribution in [0.1, 0.15) is 29.7 Å². The smallest absolute Gasteiger partial charge is 0.341 e. The van der Waals surface area contributed by atoms with Crippen molar-refractivity contribution in [1.29, 1.82) is 0 Å². The van der Waals surface area contributed by atoms with Gasteiger partial charge in [-0.15, -0.1) is 0 Å². The maximum Gasteiger partial charge on any atom is 0.416 e. The fraction of sp³-hybridized carbons (Fsp3) is 0.375. The van der Waals surface area contributed by atoms with Crippen LogP contribution in [0.3, 0.4) is 0 Å². The molecule has 32 heavy (non-hydrogen) atoms. The summed E-state index contributed by atoms with van der Waals surface area (Å²) >= 11 is 0. The zero-order valence-corrected chi connectivity index (χ0v) is 18.1. The minimum absolute atomic E-state index is 0.0140. The number of benzene rings is 2. The molecule has 8 heteroatoms. The lowest BCUT2D eigenvalue weighted by atomic mass is 9.95. The van der Waals surface area contributed by atoms with Gasteiger partial charge in [0.2, 0.25) is 11.9 Å². The normalized spacial score (nSPS) is 15.2. The second kappa shape index (κ2) is 8.76. The molecule has 0 bridgehead atoms. The van der Waals surface area contributed by atoms with Crippen molar-refractivity contribution in [2.75, 3.05) is 25.0 Å². The van der Waals surface area contributed by atoms with E-state index < -0.39 is 11.7 Å². The summed E-state index contributed by atoms with van der Waals surface area (Å²) in [7, 11) is 1.70. The number of anilines is 1. The molecule has 1 saturated heterocycles. The molecule has 2 aromatic carbocycles. The van der Waals surface area contributed by atoms with Gasteiger partial charge < -0.3 is 9.80 Å². The van der Waals surface area contributed by atoms with Crippen LogP contribution < -0.4 is 4.90 Å². The first-order valence-electron chi connectivity index (χ1n) is 10.6. The zero-order chi connectivity index (χ0) is 22.9. The predicted molar refractivity (Wildman–Crippen MR) is 117 cm³/mol. The van der Waals surface area contributed by atoms with Crippen LogP contribution in [0.2, 0.25) is 0 Å². The van der Waals surface area contributed by atoms with Crippen molar-refractivity contribution in [3.8, 4) is 0 Å². The van der Waals surface area contributed by atoms with E-state index in [2.05, 4.69) is 14.9 Å². The number of piperidine rings is 1.